The largest absolute Gasteiger partial charge is 0.491 e. The number of nitrogens with two attached hydrogens (primary N) is 1. The molecule has 3 nitrogen and oxygen atoms in total. The van der Waals surface area contributed by atoms with Crippen molar-refractivity contribution in [2.75, 3.05) is 24.2 Å². The molecule has 0 spiro atoms. The van der Waals surface area contributed by atoms with Crippen LogP contribution >= 0.6 is 27.3 Å². The van der Waals surface area contributed by atoms with Crippen molar-refractivity contribution in [2.45, 2.75) is 13.3 Å². The van der Waals surface area contributed by atoms with Crippen molar-refractivity contribution < 1.29 is 9.13 Å². The summed E-state index contributed by atoms with van der Waals surface area (Å²) in [4.78, 5) is 1.27. The first kappa shape index (κ1) is 15.1. The molecular weight excluding hydrogens is 343 g/mol. The highest BCUT2D eigenvalue weighted by molar-refractivity contribution is 9.11. The number of thiophene rings is 1. The molecule has 2 rings (SSSR count). The van der Waals surface area contributed by atoms with E-state index in [1.54, 1.807) is 17.4 Å². The van der Waals surface area contributed by atoms with Crippen LogP contribution in [0.3, 0.4) is 0 Å². The van der Waals surface area contributed by atoms with E-state index in [9.17, 15) is 4.39 Å². The molecule has 0 atom stereocenters. The smallest absolute Gasteiger partial charge is 0.167 e. The molecule has 0 aliphatic carbocycles. The van der Waals surface area contributed by atoms with Crippen LogP contribution in [-0.4, -0.2) is 13.2 Å². The van der Waals surface area contributed by atoms with Gasteiger partial charge in [-0.1, -0.05) is 0 Å². The number of hydrogen-bond donors (Lipinski definition) is 2. The van der Waals surface area contributed by atoms with Crippen LogP contribution in [0.5, 0.6) is 5.75 Å². The molecule has 6 heteroatoms. The Labute approximate surface area is 130 Å². The van der Waals surface area contributed by atoms with Gasteiger partial charge in [0.1, 0.15) is 0 Å². The van der Waals surface area contributed by atoms with Gasteiger partial charge in [0.15, 0.2) is 11.6 Å². The maximum Gasteiger partial charge on any atom is 0.167 e. The zero-order chi connectivity index (χ0) is 14.5. The predicted molar refractivity (Wildman–Crippen MR) is 86.2 cm³/mol. The highest BCUT2D eigenvalue weighted by Crippen LogP contribution is 2.28. The molecule has 0 amide bonds. The second-order valence-electron chi connectivity index (χ2n) is 4.19. The molecule has 1 aromatic heterocycles. The van der Waals surface area contributed by atoms with Crippen LogP contribution < -0.4 is 15.8 Å². The number of nitrogens with one attached hydrogen (secondary N) is 1. The molecule has 20 heavy (non-hydrogen) atoms. The van der Waals surface area contributed by atoms with E-state index in [-0.39, 0.29) is 5.75 Å². The summed E-state index contributed by atoms with van der Waals surface area (Å²) in [7, 11) is 0. The van der Waals surface area contributed by atoms with E-state index in [1.165, 1.54) is 10.9 Å². The molecule has 0 aliphatic heterocycles. The van der Waals surface area contributed by atoms with Gasteiger partial charge in [-0.3, -0.25) is 0 Å². The van der Waals surface area contributed by atoms with Crippen molar-refractivity contribution in [1.29, 1.82) is 0 Å². The lowest BCUT2D eigenvalue weighted by Crippen LogP contribution is -2.07. The third-order valence-electron chi connectivity index (χ3n) is 2.72. The first-order valence-corrected chi connectivity index (χ1v) is 7.91. The lowest BCUT2D eigenvalue weighted by Gasteiger charge is -2.12. The average Bonchev–Trinajstić information content (AvgIpc) is 2.81. The second kappa shape index (κ2) is 6.95. The van der Waals surface area contributed by atoms with Crippen molar-refractivity contribution in [3.05, 3.63) is 38.7 Å². The lowest BCUT2D eigenvalue weighted by molar-refractivity contribution is 0.322. The molecule has 1 aromatic carbocycles. The number of rotatable bonds is 6. The average molecular weight is 359 g/mol. The number of ether oxygens (including phenoxy) is 1. The van der Waals surface area contributed by atoms with Crippen LogP contribution in [0.15, 0.2) is 28.1 Å². The van der Waals surface area contributed by atoms with Crippen molar-refractivity contribution in [2.24, 2.45) is 0 Å². The van der Waals surface area contributed by atoms with E-state index < -0.39 is 5.82 Å². The zero-order valence-electron chi connectivity index (χ0n) is 11.1. The van der Waals surface area contributed by atoms with Gasteiger partial charge in [0.2, 0.25) is 0 Å². The fourth-order valence-electron chi connectivity index (χ4n) is 1.79. The summed E-state index contributed by atoms with van der Waals surface area (Å²) in [5.41, 5.74) is 6.89. The first-order chi connectivity index (χ1) is 9.60. The molecule has 108 valence electrons. The van der Waals surface area contributed by atoms with Gasteiger partial charge in [-0.2, -0.15) is 0 Å². The quantitative estimate of drug-likeness (QED) is 0.757. The van der Waals surface area contributed by atoms with Gasteiger partial charge in [0.05, 0.1) is 21.8 Å². The van der Waals surface area contributed by atoms with Crippen LogP contribution in [0.1, 0.15) is 11.8 Å². The molecule has 0 unspecified atom stereocenters. The molecule has 2 aromatic rings. The summed E-state index contributed by atoms with van der Waals surface area (Å²) in [5, 5.41) is 3.22. The van der Waals surface area contributed by atoms with Gasteiger partial charge in [0, 0.05) is 23.6 Å². The minimum atomic E-state index is -0.433. The lowest BCUT2D eigenvalue weighted by atomic mass is 10.2. The van der Waals surface area contributed by atoms with Crippen LogP contribution in [0.2, 0.25) is 0 Å². The number of hydrogen-bond acceptors (Lipinski definition) is 4. The molecule has 0 saturated heterocycles. The first-order valence-electron chi connectivity index (χ1n) is 6.30. The Hall–Kier alpha value is -1.27. The second-order valence-corrected chi connectivity index (χ2v) is 6.73. The van der Waals surface area contributed by atoms with Gasteiger partial charge in [-0.05, 0) is 41.4 Å². The summed E-state index contributed by atoms with van der Waals surface area (Å²) in [6.07, 6.45) is 0.886. The van der Waals surface area contributed by atoms with E-state index in [0.29, 0.717) is 18.0 Å². The van der Waals surface area contributed by atoms with E-state index in [0.717, 1.165) is 16.8 Å². The minimum absolute atomic E-state index is 0.225. The van der Waals surface area contributed by atoms with Crippen LogP contribution in [0, 0.1) is 5.82 Å². The van der Waals surface area contributed by atoms with E-state index in [1.807, 2.05) is 13.0 Å². The summed E-state index contributed by atoms with van der Waals surface area (Å²) in [6, 6.07) is 7.00. The maximum absolute atomic E-state index is 13.6. The van der Waals surface area contributed by atoms with Crippen LogP contribution in [-0.2, 0) is 6.42 Å². The summed E-state index contributed by atoms with van der Waals surface area (Å²) in [6.45, 7) is 2.97. The van der Waals surface area contributed by atoms with Gasteiger partial charge >= 0.3 is 0 Å². The maximum atomic E-state index is 13.6. The number of anilines is 2. The zero-order valence-corrected chi connectivity index (χ0v) is 13.5. The fraction of sp³-hybridized carbons (Fsp3) is 0.286. The fourth-order valence-corrected chi connectivity index (χ4v) is 3.28. The number of nitrogen functional groups attached to an aromatic ring is 1. The third kappa shape index (κ3) is 3.86. The van der Waals surface area contributed by atoms with E-state index in [2.05, 4.69) is 27.3 Å². The molecule has 0 saturated carbocycles. The summed E-state index contributed by atoms with van der Waals surface area (Å²) < 4.78 is 19.9. The SMILES string of the molecule is CCOc1cc(NCCc2ccc(Br)s2)c(N)cc1F. The number of benzene rings is 1. The summed E-state index contributed by atoms with van der Waals surface area (Å²) in [5.74, 6) is -0.208. The monoisotopic (exact) mass is 358 g/mol. The van der Waals surface area contributed by atoms with E-state index in [4.69, 9.17) is 10.5 Å². The van der Waals surface area contributed by atoms with E-state index >= 15 is 0 Å². The van der Waals surface area contributed by atoms with Crippen molar-refractivity contribution in [1.82, 2.24) is 0 Å². The molecular formula is C14H16BrFN2OS. The molecule has 0 fully saturated rings. The minimum Gasteiger partial charge on any atom is -0.491 e. The molecule has 3 N–H and O–H groups in total. The van der Waals surface area contributed by atoms with Gasteiger partial charge in [0.25, 0.3) is 0 Å². The standard InChI is InChI=1S/C14H16BrFN2OS/c1-2-19-13-8-12(11(17)7-10(13)16)18-6-5-9-3-4-14(15)20-9/h3-4,7-8,18H,2,5-6,17H2,1H3. The van der Waals surface area contributed by atoms with Gasteiger partial charge in [-0.25, -0.2) is 4.39 Å². The highest BCUT2D eigenvalue weighted by atomic mass is 79.9. The Morgan fingerprint density at radius 2 is 2.20 bits per heavy atom. The predicted octanol–water partition coefficient (Wildman–Crippen LogP) is 4.29. The van der Waals surface area contributed by atoms with Crippen molar-refractivity contribution >= 4 is 38.6 Å². The Balaban J connectivity index is 1.99. The molecule has 0 radical (unpaired) electrons. The van der Waals surface area contributed by atoms with Crippen molar-refractivity contribution in [3.8, 4) is 5.75 Å². The topological polar surface area (TPSA) is 47.3 Å². The normalized spacial score (nSPS) is 10.6. The third-order valence-corrected chi connectivity index (χ3v) is 4.40. The molecule has 0 bridgehead atoms. The highest BCUT2D eigenvalue weighted by Gasteiger charge is 2.08. The van der Waals surface area contributed by atoms with Crippen LogP contribution in [0.25, 0.3) is 0 Å². The number of halogens is 2. The molecule has 0 aliphatic rings. The molecule has 1 heterocycles. The van der Waals surface area contributed by atoms with Crippen LogP contribution in [0.4, 0.5) is 15.8 Å². The van der Waals surface area contributed by atoms with Gasteiger partial charge in [-0.15, -0.1) is 11.3 Å². The Bertz CT molecular complexity index is 589. The Morgan fingerprint density at radius 3 is 2.85 bits per heavy atom. The Kier molecular flexibility index (Phi) is 5.25. The van der Waals surface area contributed by atoms with Crippen molar-refractivity contribution in [3.63, 3.8) is 0 Å². The summed E-state index contributed by atoms with van der Waals surface area (Å²) >= 11 is 5.14. The Morgan fingerprint density at radius 1 is 1.40 bits per heavy atom. The van der Waals surface area contributed by atoms with Gasteiger partial charge < -0.3 is 15.8 Å².